The molecule has 5 heteroatoms. The molecular weight excluding hydrogens is 354 g/mol. The molecule has 0 spiro atoms. The van der Waals surface area contributed by atoms with Gasteiger partial charge in [-0.1, -0.05) is 30.3 Å². The standard InChI is InChI=1S/C22H27N3OS/c1-27-21-11-7-17(8-12-21)23-22(26)24-18-13-19-9-10-20(14-18)25(19)15-16-5-3-2-4-6-16/h2-8,11-12,18-20H,9-10,13-15H2,1H3,(H2,23,24,26)/t19-,20-/m1/s1. The van der Waals surface area contributed by atoms with Crippen molar-refractivity contribution in [3.8, 4) is 0 Å². The minimum absolute atomic E-state index is 0.0900. The van der Waals surface area contributed by atoms with Crippen molar-refractivity contribution in [2.24, 2.45) is 0 Å². The van der Waals surface area contributed by atoms with Crippen LogP contribution < -0.4 is 10.6 Å². The molecule has 2 aromatic rings. The van der Waals surface area contributed by atoms with E-state index in [1.807, 2.05) is 30.5 Å². The van der Waals surface area contributed by atoms with Gasteiger partial charge in [0, 0.05) is 35.3 Å². The van der Waals surface area contributed by atoms with E-state index in [0.29, 0.717) is 12.1 Å². The van der Waals surface area contributed by atoms with Crippen LogP contribution in [0.5, 0.6) is 0 Å². The van der Waals surface area contributed by atoms with Crippen LogP contribution in [0.2, 0.25) is 0 Å². The van der Waals surface area contributed by atoms with Gasteiger partial charge < -0.3 is 10.6 Å². The number of thioether (sulfide) groups is 1. The third-order valence-electron chi connectivity index (χ3n) is 5.78. The molecule has 0 aromatic heterocycles. The minimum Gasteiger partial charge on any atom is -0.335 e. The van der Waals surface area contributed by atoms with Crippen LogP contribution in [-0.4, -0.2) is 35.3 Å². The molecule has 2 atom stereocenters. The summed E-state index contributed by atoms with van der Waals surface area (Å²) in [5.41, 5.74) is 2.22. The number of amides is 2. The van der Waals surface area contributed by atoms with Gasteiger partial charge in [-0.15, -0.1) is 11.8 Å². The number of fused-ring (bicyclic) bond motifs is 2. The fraction of sp³-hybridized carbons (Fsp3) is 0.409. The average Bonchev–Trinajstić information content (AvgIpc) is 2.91. The van der Waals surface area contributed by atoms with Crippen molar-refractivity contribution in [1.82, 2.24) is 10.2 Å². The van der Waals surface area contributed by atoms with Gasteiger partial charge in [0.1, 0.15) is 0 Å². The van der Waals surface area contributed by atoms with Crippen LogP contribution in [0.15, 0.2) is 59.5 Å². The van der Waals surface area contributed by atoms with E-state index in [1.54, 1.807) is 11.8 Å². The van der Waals surface area contributed by atoms with Gasteiger partial charge in [0.05, 0.1) is 0 Å². The van der Waals surface area contributed by atoms with E-state index >= 15 is 0 Å². The molecule has 2 aliphatic rings. The fourth-order valence-corrected chi connectivity index (χ4v) is 4.88. The number of rotatable bonds is 5. The molecule has 2 heterocycles. The number of nitrogens with one attached hydrogen (secondary N) is 2. The van der Waals surface area contributed by atoms with E-state index in [1.165, 1.54) is 23.3 Å². The number of carbonyl (C=O) groups excluding carboxylic acids is 1. The monoisotopic (exact) mass is 381 g/mol. The van der Waals surface area contributed by atoms with Crippen LogP contribution in [0.1, 0.15) is 31.2 Å². The van der Waals surface area contributed by atoms with Gasteiger partial charge >= 0.3 is 6.03 Å². The predicted molar refractivity (Wildman–Crippen MR) is 112 cm³/mol. The van der Waals surface area contributed by atoms with E-state index in [-0.39, 0.29) is 12.1 Å². The lowest BCUT2D eigenvalue weighted by Crippen LogP contribution is -2.50. The summed E-state index contributed by atoms with van der Waals surface area (Å²) in [6.45, 7) is 1.02. The third kappa shape index (κ3) is 4.47. The molecule has 2 N–H and O–H groups in total. The Labute approximate surface area is 165 Å². The van der Waals surface area contributed by atoms with Crippen molar-refractivity contribution < 1.29 is 4.79 Å². The zero-order valence-corrected chi connectivity index (χ0v) is 16.5. The lowest BCUT2D eigenvalue weighted by atomic mass is 9.96. The molecule has 2 amide bonds. The van der Waals surface area contributed by atoms with Crippen LogP contribution in [0.3, 0.4) is 0 Å². The zero-order valence-electron chi connectivity index (χ0n) is 15.7. The van der Waals surface area contributed by atoms with Gasteiger partial charge in [-0.05, 0) is 61.8 Å². The molecule has 2 aromatic carbocycles. The Kier molecular flexibility index (Phi) is 5.69. The number of urea groups is 1. The quantitative estimate of drug-likeness (QED) is 0.736. The summed E-state index contributed by atoms with van der Waals surface area (Å²) >= 11 is 1.70. The summed E-state index contributed by atoms with van der Waals surface area (Å²) < 4.78 is 0. The Bertz CT molecular complexity index is 751. The van der Waals surface area contributed by atoms with Crippen LogP contribution >= 0.6 is 11.8 Å². The lowest BCUT2D eigenvalue weighted by molar-refractivity contribution is 0.112. The van der Waals surface area contributed by atoms with E-state index < -0.39 is 0 Å². The summed E-state index contributed by atoms with van der Waals surface area (Å²) in [6.07, 6.45) is 6.62. The molecule has 4 rings (SSSR count). The Balaban J connectivity index is 1.31. The molecule has 2 aliphatic heterocycles. The number of carbonyl (C=O) groups is 1. The van der Waals surface area contributed by atoms with Crippen molar-refractivity contribution in [3.63, 3.8) is 0 Å². The van der Waals surface area contributed by atoms with Gasteiger partial charge in [-0.3, -0.25) is 4.90 Å². The Morgan fingerprint density at radius 3 is 2.33 bits per heavy atom. The Morgan fingerprint density at radius 2 is 1.70 bits per heavy atom. The van der Waals surface area contributed by atoms with E-state index in [2.05, 4.69) is 45.9 Å². The van der Waals surface area contributed by atoms with E-state index in [0.717, 1.165) is 25.1 Å². The van der Waals surface area contributed by atoms with E-state index in [9.17, 15) is 4.79 Å². The molecule has 0 aliphatic carbocycles. The van der Waals surface area contributed by atoms with Crippen LogP contribution in [0.4, 0.5) is 10.5 Å². The SMILES string of the molecule is CSc1ccc(NC(=O)NC2C[C@H]3CC[C@H](C2)N3Cc2ccccc2)cc1. The molecular formula is C22H27N3OS. The molecule has 2 bridgehead atoms. The first-order chi connectivity index (χ1) is 13.2. The van der Waals surface area contributed by atoms with Crippen molar-refractivity contribution in [2.75, 3.05) is 11.6 Å². The molecule has 27 heavy (non-hydrogen) atoms. The normalized spacial score (nSPS) is 24.6. The summed E-state index contributed by atoms with van der Waals surface area (Å²) in [6, 6.07) is 20.0. The first-order valence-corrected chi connectivity index (χ1v) is 10.9. The highest BCUT2D eigenvalue weighted by atomic mass is 32.2. The summed E-state index contributed by atoms with van der Waals surface area (Å²) in [5, 5.41) is 6.17. The molecule has 0 saturated carbocycles. The topological polar surface area (TPSA) is 44.4 Å². The first-order valence-electron chi connectivity index (χ1n) is 9.72. The highest BCUT2D eigenvalue weighted by Crippen LogP contribution is 2.36. The van der Waals surface area contributed by atoms with Gasteiger partial charge in [-0.2, -0.15) is 0 Å². The van der Waals surface area contributed by atoms with Crippen molar-refractivity contribution in [1.29, 1.82) is 0 Å². The average molecular weight is 382 g/mol. The van der Waals surface area contributed by atoms with Crippen LogP contribution in [0.25, 0.3) is 0 Å². The van der Waals surface area contributed by atoms with Gasteiger partial charge in [-0.25, -0.2) is 4.79 Å². The van der Waals surface area contributed by atoms with Gasteiger partial charge in [0.15, 0.2) is 0 Å². The Morgan fingerprint density at radius 1 is 1.04 bits per heavy atom. The second-order valence-electron chi connectivity index (χ2n) is 7.54. The van der Waals surface area contributed by atoms with Crippen LogP contribution in [0, 0.1) is 0 Å². The number of hydrogen-bond acceptors (Lipinski definition) is 3. The third-order valence-corrected chi connectivity index (χ3v) is 6.52. The highest BCUT2D eigenvalue weighted by molar-refractivity contribution is 7.98. The lowest BCUT2D eigenvalue weighted by Gasteiger charge is -2.39. The summed E-state index contributed by atoms with van der Waals surface area (Å²) in [4.78, 5) is 16.2. The second kappa shape index (κ2) is 8.36. The number of hydrogen-bond donors (Lipinski definition) is 2. The van der Waals surface area contributed by atoms with Crippen molar-refractivity contribution in [2.45, 2.75) is 55.2 Å². The molecule has 0 unspecified atom stereocenters. The molecule has 2 fully saturated rings. The molecule has 4 nitrogen and oxygen atoms in total. The number of anilines is 1. The maximum Gasteiger partial charge on any atom is 0.319 e. The maximum atomic E-state index is 12.4. The summed E-state index contributed by atoms with van der Waals surface area (Å²) in [5.74, 6) is 0. The smallest absolute Gasteiger partial charge is 0.319 e. The second-order valence-corrected chi connectivity index (χ2v) is 8.42. The highest BCUT2D eigenvalue weighted by Gasteiger charge is 2.40. The number of piperidine rings is 1. The van der Waals surface area contributed by atoms with Crippen molar-refractivity contribution in [3.05, 3.63) is 60.2 Å². The Hall–Kier alpha value is -1.98. The minimum atomic E-state index is -0.0900. The molecule has 142 valence electrons. The predicted octanol–water partition coefficient (Wildman–Crippen LogP) is 4.73. The van der Waals surface area contributed by atoms with Gasteiger partial charge in [0.2, 0.25) is 0 Å². The van der Waals surface area contributed by atoms with Crippen molar-refractivity contribution >= 4 is 23.5 Å². The van der Waals surface area contributed by atoms with Crippen LogP contribution in [-0.2, 0) is 6.54 Å². The zero-order chi connectivity index (χ0) is 18.6. The number of benzene rings is 2. The van der Waals surface area contributed by atoms with Gasteiger partial charge in [0.25, 0.3) is 0 Å². The first kappa shape index (κ1) is 18.4. The fourth-order valence-electron chi connectivity index (χ4n) is 4.47. The summed E-state index contributed by atoms with van der Waals surface area (Å²) in [7, 11) is 0. The number of nitrogens with zero attached hydrogens (tertiary/aromatic N) is 1. The largest absolute Gasteiger partial charge is 0.335 e. The molecule has 2 saturated heterocycles. The maximum absolute atomic E-state index is 12.4. The van der Waals surface area contributed by atoms with E-state index in [4.69, 9.17) is 0 Å². The molecule has 0 radical (unpaired) electrons.